The SMILES string of the molecule is CCCCC/C=C\C/C=C\CCCCCCCCCCCCCCCC(=O)OC(/C=C\CCCCCCCCCCCC)C(COP(=O)(O)OCC[N+](C)(C)C)NC(=O)CCCCC/C=C\CCCCCCCCC. The third kappa shape index (κ3) is 56.5. The Labute approximate surface area is 465 Å². The van der Waals surface area contributed by atoms with E-state index < -0.39 is 20.0 Å². The molecule has 0 aromatic heterocycles. The Morgan fingerprint density at radius 2 is 0.813 bits per heavy atom. The van der Waals surface area contributed by atoms with Gasteiger partial charge in [-0.2, -0.15) is 0 Å². The van der Waals surface area contributed by atoms with E-state index in [1.54, 1.807) is 0 Å². The third-order valence-electron chi connectivity index (χ3n) is 14.2. The second-order valence-corrected chi connectivity index (χ2v) is 24.4. The number of hydrogen-bond donors (Lipinski definition) is 2. The van der Waals surface area contributed by atoms with Crippen molar-refractivity contribution in [1.82, 2.24) is 5.32 Å². The zero-order valence-corrected chi connectivity index (χ0v) is 51.2. The summed E-state index contributed by atoms with van der Waals surface area (Å²) in [6.45, 7) is 7.00. The van der Waals surface area contributed by atoms with Gasteiger partial charge in [-0.05, 0) is 89.5 Å². The van der Waals surface area contributed by atoms with Gasteiger partial charge in [0.15, 0.2) is 0 Å². The maximum absolute atomic E-state index is 13.5. The zero-order valence-electron chi connectivity index (χ0n) is 50.3. The number of carbonyl (C=O) groups excluding carboxylic acids is 2. The van der Waals surface area contributed by atoms with E-state index in [-0.39, 0.29) is 31.5 Å². The van der Waals surface area contributed by atoms with Gasteiger partial charge in [0.05, 0.1) is 33.8 Å². The molecule has 0 bridgehead atoms. The van der Waals surface area contributed by atoms with Gasteiger partial charge in [0, 0.05) is 12.8 Å². The van der Waals surface area contributed by atoms with Gasteiger partial charge in [0.2, 0.25) is 5.91 Å². The van der Waals surface area contributed by atoms with Crippen molar-refractivity contribution in [3.8, 4) is 0 Å². The molecule has 9 nitrogen and oxygen atoms in total. The van der Waals surface area contributed by atoms with Crippen LogP contribution in [0.15, 0.2) is 48.6 Å². The highest BCUT2D eigenvalue weighted by molar-refractivity contribution is 7.47. The molecule has 75 heavy (non-hydrogen) atoms. The van der Waals surface area contributed by atoms with Crippen LogP contribution in [0.4, 0.5) is 0 Å². The fourth-order valence-corrected chi connectivity index (χ4v) is 10.00. The van der Waals surface area contributed by atoms with Crippen LogP contribution in [0.3, 0.4) is 0 Å². The average molecular weight is 1080 g/mol. The van der Waals surface area contributed by atoms with Crippen molar-refractivity contribution in [2.75, 3.05) is 40.9 Å². The monoisotopic (exact) mass is 1080 g/mol. The molecular weight excluding hydrogens is 952 g/mol. The Morgan fingerprint density at radius 3 is 1.25 bits per heavy atom. The molecule has 0 aliphatic heterocycles. The predicted molar refractivity (Wildman–Crippen MR) is 323 cm³/mol. The summed E-state index contributed by atoms with van der Waals surface area (Å²) in [5.74, 6) is -0.515. The summed E-state index contributed by atoms with van der Waals surface area (Å²) in [5.41, 5.74) is 0. The van der Waals surface area contributed by atoms with Crippen LogP contribution >= 0.6 is 7.82 Å². The molecule has 0 aliphatic rings. The molecule has 0 aliphatic carbocycles. The summed E-state index contributed by atoms with van der Waals surface area (Å²) in [6, 6.07) is -0.854. The van der Waals surface area contributed by atoms with Crippen LogP contribution in [0.25, 0.3) is 0 Å². The number of hydrogen-bond acceptors (Lipinski definition) is 6. The molecule has 0 radical (unpaired) electrons. The summed E-state index contributed by atoms with van der Waals surface area (Å²) >= 11 is 0. The van der Waals surface area contributed by atoms with E-state index in [1.807, 2.05) is 33.3 Å². The van der Waals surface area contributed by atoms with Gasteiger partial charge in [0.25, 0.3) is 0 Å². The molecule has 0 fully saturated rings. The molecule has 0 aromatic carbocycles. The third-order valence-corrected chi connectivity index (χ3v) is 15.2. The number of phosphoric acid groups is 1. The Hall–Kier alpha value is -2.03. The van der Waals surface area contributed by atoms with Crippen molar-refractivity contribution in [1.29, 1.82) is 0 Å². The number of carbonyl (C=O) groups is 2. The van der Waals surface area contributed by atoms with Crippen molar-refractivity contribution >= 4 is 19.7 Å². The molecule has 10 heteroatoms. The minimum absolute atomic E-state index is 0.0383. The average Bonchev–Trinajstić information content (AvgIpc) is 3.37. The smallest absolute Gasteiger partial charge is 0.456 e. The lowest BCUT2D eigenvalue weighted by Crippen LogP contribution is -2.47. The number of nitrogens with zero attached hydrogens (tertiary/aromatic N) is 1. The summed E-state index contributed by atoms with van der Waals surface area (Å²) in [7, 11) is 1.49. The molecule has 1 amide bonds. The Morgan fingerprint density at radius 1 is 0.467 bits per heavy atom. The molecule has 3 unspecified atom stereocenters. The van der Waals surface area contributed by atoms with Crippen molar-refractivity contribution < 1.29 is 37.3 Å². The lowest BCUT2D eigenvalue weighted by atomic mass is 10.0. The van der Waals surface area contributed by atoms with E-state index in [0.29, 0.717) is 17.4 Å². The molecule has 3 atom stereocenters. The van der Waals surface area contributed by atoms with Crippen LogP contribution in [0, 0.1) is 0 Å². The second-order valence-electron chi connectivity index (χ2n) is 22.9. The highest BCUT2D eigenvalue weighted by atomic mass is 31.2. The van der Waals surface area contributed by atoms with Gasteiger partial charge < -0.3 is 19.4 Å². The molecule has 0 heterocycles. The van der Waals surface area contributed by atoms with Gasteiger partial charge in [0.1, 0.15) is 19.3 Å². The number of unbranched alkanes of at least 4 members (excludes halogenated alkanes) is 36. The maximum Gasteiger partial charge on any atom is 0.472 e. The number of allylic oxidation sites excluding steroid dienone is 7. The number of likely N-dealkylation sites (N-methyl/N-ethyl adjacent to an activating group) is 1. The number of nitrogens with one attached hydrogen (secondary N) is 1. The van der Waals surface area contributed by atoms with Gasteiger partial charge in [-0.25, -0.2) is 4.57 Å². The van der Waals surface area contributed by atoms with Crippen LogP contribution in [-0.2, 0) is 27.9 Å². The van der Waals surface area contributed by atoms with Gasteiger partial charge in [-0.15, -0.1) is 0 Å². The summed E-state index contributed by atoms with van der Waals surface area (Å²) in [6.07, 6.45) is 68.3. The fourth-order valence-electron chi connectivity index (χ4n) is 9.26. The first-order valence-electron chi connectivity index (χ1n) is 32.0. The van der Waals surface area contributed by atoms with E-state index in [4.69, 9.17) is 13.8 Å². The van der Waals surface area contributed by atoms with Gasteiger partial charge in [-0.1, -0.05) is 250 Å². The van der Waals surface area contributed by atoms with Crippen molar-refractivity contribution in [3.05, 3.63) is 48.6 Å². The normalized spacial score (nSPS) is 14.0. The van der Waals surface area contributed by atoms with E-state index in [9.17, 15) is 19.0 Å². The van der Waals surface area contributed by atoms with Gasteiger partial charge >= 0.3 is 13.8 Å². The van der Waals surface area contributed by atoms with Crippen LogP contribution in [0.5, 0.6) is 0 Å². The molecular formula is C65H124N2O7P+. The van der Waals surface area contributed by atoms with Gasteiger partial charge in [-0.3, -0.25) is 18.6 Å². The highest BCUT2D eigenvalue weighted by Crippen LogP contribution is 2.43. The Balaban J connectivity index is 5.15. The number of ether oxygens (including phenoxy) is 1. The minimum atomic E-state index is -4.45. The highest BCUT2D eigenvalue weighted by Gasteiger charge is 2.30. The molecule has 0 saturated carbocycles. The van der Waals surface area contributed by atoms with E-state index in [0.717, 1.165) is 77.0 Å². The van der Waals surface area contributed by atoms with Crippen molar-refractivity contribution in [2.45, 2.75) is 315 Å². The lowest BCUT2D eigenvalue weighted by molar-refractivity contribution is -0.870. The summed E-state index contributed by atoms with van der Waals surface area (Å²) < 4.78 is 30.7. The first kappa shape index (κ1) is 73.0. The number of esters is 1. The van der Waals surface area contributed by atoms with Crippen LogP contribution in [-0.4, -0.2) is 74.3 Å². The minimum Gasteiger partial charge on any atom is -0.456 e. The van der Waals surface area contributed by atoms with Crippen LogP contribution in [0.2, 0.25) is 0 Å². The molecule has 440 valence electrons. The lowest BCUT2D eigenvalue weighted by Gasteiger charge is -2.27. The Kier molecular flexibility index (Phi) is 53.8. The van der Waals surface area contributed by atoms with Crippen molar-refractivity contribution in [3.63, 3.8) is 0 Å². The molecule has 0 saturated heterocycles. The molecule has 0 spiro atoms. The van der Waals surface area contributed by atoms with E-state index in [1.165, 1.54) is 193 Å². The first-order chi connectivity index (χ1) is 36.4. The first-order valence-corrected chi connectivity index (χ1v) is 33.5. The molecule has 0 aromatic rings. The topological polar surface area (TPSA) is 111 Å². The van der Waals surface area contributed by atoms with E-state index >= 15 is 0 Å². The summed E-state index contributed by atoms with van der Waals surface area (Å²) in [4.78, 5) is 37.7. The summed E-state index contributed by atoms with van der Waals surface area (Å²) in [5, 5.41) is 3.05. The van der Waals surface area contributed by atoms with Crippen molar-refractivity contribution in [2.24, 2.45) is 0 Å². The zero-order chi connectivity index (χ0) is 55.0. The van der Waals surface area contributed by atoms with Crippen LogP contribution < -0.4 is 5.32 Å². The number of amides is 1. The second kappa shape index (κ2) is 55.3. The molecule has 2 N–H and O–H groups in total. The largest absolute Gasteiger partial charge is 0.472 e. The quantitative estimate of drug-likeness (QED) is 0.0205. The predicted octanol–water partition coefficient (Wildman–Crippen LogP) is 19.7. The Bertz CT molecular complexity index is 1420. The standard InChI is InChI=1S/C65H123N2O7P/c1-7-10-13-16-19-22-25-28-30-31-32-33-34-35-36-37-38-40-43-46-49-52-55-58-65(69)74-63(56-53-50-47-44-41-27-24-21-18-15-12-9-3)62(61-73-75(70,71)72-60-59-67(4,5)6)66-64(68)57-54-51-48-45-42-39-29-26-23-20-17-14-11-8-2/h19,22,28,30,39,42,53,56,62-63H,7-18,20-21,23-27,29,31-38,40-41,43-52,54-55,57-61H2,1-6H3,(H-,66,68,70,71)/p+1/b22-19-,30-28-,42-39-,56-53-. The molecule has 0 rings (SSSR count). The van der Waals surface area contributed by atoms with Crippen LogP contribution in [0.1, 0.15) is 303 Å². The maximum atomic E-state index is 13.5. The fraction of sp³-hybridized carbons (Fsp3) is 0.846. The number of phosphoric ester groups is 1. The number of quaternary nitrogens is 1. The van der Waals surface area contributed by atoms with E-state index in [2.05, 4.69) is 62.5 Å². The number of rotatable bonds is 58.